The van der Waals surface area contributed by atoms with Gasteiger partial charge in [0.05, 0.1) is 12.4 Å². The van der Waals surface area contributed by atoms with E-state index in [1.807, 2.05) is 20.8 Å². The molecule has 0 spiro atoms. The van der Waals surface area contributed by atoms with E-state index < -0.39 is 21.8 Å². The van der Waals surface area contributed by atoms with Gasteiger partial charge in [0.1, 0.15) is 5.60 Å². The molecule has 0 aliphatic carbocycles. The van der Waals surface area contributed by atoms with Gasteiger partial charge >= 0.3 is 6.09 Å². The minimum absolute atomic E-state index is 0.227. The number of hydrogen-bond acceptors (Lipinski definition) is 6. The van der Waals surface area contributed by atoms with Crippen LogP contribution in [0.3, 0.4) is 0 Å². The van der Waals surface area contributed by atoms with Gasteiger partial charge in [-0.05, 0) is 33.6 Å². The van der Waals surface area contributed by atoms with Crippen molar-refractivity contribution in [2.75, 3.05) is 32.4 Å². The fourth-order valence-electron chi connectivity index (χ4n) is 2.11. The van der Waals surface area contributed by atoms with Crippen LogP contribution in [0.4, 0.5) is 4.79 Å². The first-order valence-electron chi connectivity index (χ1n) is 7.13. The Morgan fingerprint density at radius 1 is 1.29 bits per heavy atom. The molecule has 0 radical (unpaired) electrons. The number of rotatable bonds is 5. The molecule has 1 aliphatic rings. The van der Waals surface area contributed by atoms with Gasteiger partial charge in [-0.25, -0.2) is 4.79 Å². The molecule has 0 unspecified atom stereocenters. The fraction of sp³-hybridized carbons (Fsp3) is 0.923. The molecule has 0 aromatic carbocycles. The lowest BCUT2D eigenvalue weighted by molar-refractivity contribution is 0.0512. The Morgan fingerprint density at radius 2 is 1.86 bits per heavy atom. The lowest BCUT2D eigenvalue weighted by Gasteiger charge is -2.31. The molecule has 0 bridgehead atoms. The van der Waals surface area contributed by atoms with Crippen LogP contribution in [0, 0.1) is 0 Å². The van der Waals surface area contributed by atoms with Gasteiger partial charge in [0.25, 0.3) is 10.1 Å². The van der Waals surface area contributed by atoms with Gasteiger partial charge in [0.15, 0.2) is 0 Å². The number of piperidine rings is 1. The minimum Gasteiger partial charge on any atom is -0.444 e. The van der Waals surface area contributed by atoms with Crippen molar-refractivity contribution >= 4 is 16.2 Å². The highest BCUT2D eigenvalue weighted by Gasteiger charge is 2.23. The summed E-state index contributed by atoms with van der Waals surface area (Å²) in [6.45, 7) is 8.20. The number of nitrogens with zero attached hydrogens (tertiary/aromatic N) is 1. The number of carbonyl (C=O) groups excluding carboxylic acids is 1. The molecule has 0 saturated carbocycles. The first-order valence-corrected chi connectivity index (χ1v) is 8.94. The number of nitrogens with one attached hydrogen (secondary N) is 1. The second kappa shape index (κ2) is 7.42. The summed E-state index contributed by atoms with van der Waals surface area (Å²) < 4.78 is 32.2. The molecule has 0 atom stereocenters. The third-order valence-corrected chi connectivity index (χ3v) is 3.56. The number of ether oxygens (including phenoxy) is 1. The summed E-state index contributed by atoms with van der Waals surface area (Å²) in [7, 11) is -3.38. The van der Waals surface area contributed by atoms with Crippen molar-refractivity contribution in [2.24, 2.45) is 0 Å². The van der Waals surface area contributed by atoms with E-state index in [-0.39, 0.29) is 6.10 Å². The number of carbonyl (C=O) groups is 1. The molecule has 8 heteroatoms. The third-order valence-electron chi connectivity index (χ3n) is 2.94. The van der Waals surface area contributed by atoms with E-state index in [1.165, 1.54) is 0 Å². The van der Waals surface area contributed by atoms with Crippen LogP contribution >= 0.6 is 0 Å². The zero-order valence-corrected chi connectivity index (χ0v) is 14.0. The Bertz CT molecular complexity index is 436. The molecule has 1 fully saturated rings. The summed E-state index contributed by atoms with van der Waals surface area (Å²) in [5.41, 5.74) is -0.495. The maximum absolute atomic E-state index is 11.5. The van der Waals surface area contributed by atoms with Crippen molar-refractivity contribution in [1.29, 1.82) is 0 Å². The van der Waals surface area contributed by atoms with E-state index in [4.69, 9.17) is 8.92 Å². The summed E-state index contributed by atoms with van der Waals surface area (Å²) in [4.78, 5) is 13.6. The van der Waals surface area contributed by atoms with Crippen LogP contribution in [0.5, 0.6) is 0 Å². The van der Waals surface area contributed by atoms with Crippen LogP contribution < -0.4 is 5.32 Å². The van der Waals surface area contributed by atoms with Gasteiger partial charge in [-0.15, -0.1) is 0 Å². The van der Waals surface area contributed by atoms with E-state index >= 15 is 0 Å². The van der Waals surface area contributed by atoms with Gasteiger partial charge < -0.3 is 15.0 Å². The lowest BCUT2D eigenvalue weighted by atomic mass is 10.1. The Balaban J connectivity index is 2.18. The van der Waals surface area contributed by atoms with Crippen molar-refractivity contribution in [1.82, 2.24) is 10.2 Å². The Kier molecular flexibility index (Phi) is 6.42. The Morgan fingerprint density at radius 3 is 2.33 bits per heavy atom. The molecular formula is C13H26N2O5S. The topological polar surface area (TPSA) is 84.9 Å². The maximum atomic E-state index is 11.5. The van der Waals surface area contributed by atoms with Crippen LogP contribution in [0.1, 0.15) is 33.6 Å². The molecule has 1 amide bonds. The van der Waals surface area contributed by atoms with Crippen LogP contribution in [-0.4, -0.2) is 63.6 Å². The van der Waals surface area contributed by atoms with E-state index in [2.05, 4.69) is 10.2 Å². The molecule has 0 aromatic rings. The maximum Gasteiger partial charge on any atom is 0.407 e. The molecule has 1 heterocycles. The van der Waals surface area contributed by atoms with Crippen LogP contribution in [0.25, 0.3) is 0 Å². The van der Waals surface area contributed by atoms with Gasteiger partial charge in [-0.3, -0.25) is 4.18 Å². The molecule has 124 valence electrons. The summed E-state index contributed by atoms with van der Waals surface area (Å²) in [6.07, 6.45) is 1.79. The molecule has 21 heavy (non-hydrogen) atoms. The van der Waals surface area contributed by atoms with E-state index in [9.17, 15) is 13.2 Å². The average molecular weight is 322 g/mol. The first kappa shape index (κ1) is 18.2. The van der Waals surface area contributed by atoms with Crippen molar-refractivity contribution < 1.29 is 22.1 Å². The SMILES string of the molecule is CC(C)(C)OC(=O)NCCN1CCC(OS(C)(=O)=O)CC1. The van der Waals surface area contributed by atoms with E-state index in [0.717, 1.165) is 19.3 Å². The van der Waals surface area contributed by atoms with Gasteiger partial charge in [-0.2, -0.15) is 8.42 Å². The highest BCUT2D eigenvalue weighted by Crippen LogP contribution is 2.15. The molecule has 0 aromatic heterocycles. The lowest BCUT2D eigenvalue weighted by Crippen LogP contribution is -2.42. The van der Waals surface area contributed by atoms with Crippen molar-refractivity contribution in [2.45, 2.75) is 45.3 Å². The predicted octanol–water partition coefficient (Wildman–Crippen LogP) is 0.952. The number of likely N-dealkylation sites (tertiary alicyclic amines) is 1. The fourth-order valence-corrected chi connectivity index (χ4v) is 2.79. The highest BCUT2D eigenvalue weighted by atomic mass is 32.2. The summed E-state index contributed by atoms with van der Waals surface area (Å²) in [5, 5.41) is 2.71. The summed E-state index contributed by atoms with van der Waals surface area (Å²) >= 11 is 0. The van der Waals surface area contributed by atoms with Crippen LogP contribution in [-0.2, 0) is 19.0 Å². The average Bonchev–Trinajstić information content (AvgIpc) is 2.27. The smallest absolute Gasteiger partial charge is 0.407 e. The van der Waals surface area contributed by atoms with E-state index in [0.29, 0.717) is 25.9 Å². The summed E-state index contributed by atoms with van der Waals surface area (Å²) in [6, 6.07) is 0. The van der Waals surface area contributed by atoms with Crippen LogP contribution in [0.15, 0.2) is 0 Å². The zero-order chi connectivity index (χ0) is 16.1. The first-order chi connectivity index (χ1) is 9.55. The monoisotopic (exact) mass is 322 g/mol. The van der Waals surface area contributed by atoms with Crippen molar-refractivity contribution in [3.8, 4) is 0 Å². The standard InChI is InChI=1S/C13H26N2O5S/c1-13(2,3)19-12(16)14-7-10-15-8-5-11(6-9-15)20-21(4,17)18/h11H,5-10H2,1-4H3,(H,14,16). The Labute approximate surface area is 127 Å². The van der Waals surface area contributed by atoms with Gasteiger partial charge in [0, 0.05) is 26.2 Å². The molecule has 7 nitrogen and oxygen atoms in total. The third kappa shape index (κ3) is 8.90. The molecular weight excluding hydrogens is 296 g/mol. The number of hydrogen-bond donors (Lipinski definition) is 1. The van der Waals surface area contributed by atoms with Crippen molar-refractivity contribution in [3.63, 3.8) is 0 Å². The minimum atomic E-state index is -3.38. The molecule has 1 aliphatic heterocycles. The van der Waals surface area contributed by atoms with Crippen LogP contribution in [0.2, 0.25) is 0 Å². The quantitative estimate of drug-likeness (QED) is 0.759. The highest BCUT2D eigenvalue weighted by molar-refractivity contribution is 7.86. The van der Waals surface area contributed by atoms with E-state index in [1.54, 1.807) is 0 Å². The van der Waals surface area contributed by atoms with Gasteiger partial charge in [-0.1, -0.05) is 0 Å². The number of alkyl carbamates (subject to hydrolysis) is 1. The molecule has 1 saturated heterocycles. The largest absolute Gasteiger partial charge is 0.444 e. The second-order valence-corrected chi connectivity index (χ2v) is 7.87. The normalized spacial score (nSPS) is 18.5. The second-order valence-electron chi connectivity index (χ2n) is 6.27. The van der Waals surface area contributed by atoms with Gasteiger partial charge in [0.2, 0.25) is 0 Å². The summed E-state index contributed by atoms with van der Waals surface area (Å²) in [5.74, 6) is 0. The molecule has 1 N–H and O–H groups in total. The zero-order valence-electron chi connectivity index (χ0n) is 13.2. The molecule has 1 rings (SSSR count). The van der Waals surface area contributed by atoms with Crippen molar-refractivity contribution in [3.05, 3.63) is 0 Å². The number of amides is 1. The Hall–Kier alpha value is -0.860. The predicted molar refractivity (Wildman–Crippen MR) is 79.6 cm³/mol.